The van der Waals surface area contributed by atoms with Crippen LogP contribution in [0.2, 0.25) is 0 Å². The van der Waals surface area contributed by atoms with Gasteiger partial charge in [0.15, 0.2) is 0 Å². The molecule has 0 saturated heterocycles. The van der Waals surface area contributed by atoms with Gasteiger partial charge in [-0.1, -0.05) is 12.1 Å². The van der Waals surface area contributed by atoms with Crippen molar-refractivity contribution in [3.05, 3.63) is 57.8 Å². The van der Waals surface area contributed by atoms with Gasteiger partial charge in [-0.15, -0.1) is 0 Å². The maximum Gasteiger partial charge on any atom is 0.270 e. The molecule has 0 spiro atoms. The van der Waals surface area contributed by atoms with Gasteiger partial charge in [0.1, 0.15) is 5.82 Å². The highest BCUT2D eigenvalue weighted by Gasteiger charge is 2.05. The third-order valence-electron chi connectivity index (χ3n) is 2.71. The van der Waals surface area contributed by atoms with Gasteiger partial charge in [0.25, 0.3) is 5.69 Å². The molecule has 8 heteroatoms. The normalized spacial score (nSPS) is 10.7. The summed E-state index contributed by atoms with van der Waals surface area (Å²) in [5, 5.41) is 19.6. The smallest absolute Gasteiger partial charge is 0.270 e. The van der Waals surface area contributed by atoms with Gasteiger partial charge in [-0.25, -0.2) is 0 Å². The largest absolute Gasteiger partial charge is 0.384 e. The predicted molar refractivity (Wildman–Crippen MR) is 77.0 cm³/mol. The van der Waals surface area contributed by atoms with E-state index in [-0.39, 0.29) is 18.1 Å². The van der Waals surface area contributed by atoms with Crippen molar-refractivity contribution in [1.29, 1.82) is 0 Å². The quantitative estimate of drug-likeness (QED) is 0.433. The molecule has 0 aliphatic heterocycles. The van der Waals surface area contributed by atoms with E-state index in [0.717, 1.165) is 0 Å². The van der Waals surface area contributed by atoms with Crippen molar-refractivity contribution < 1.29 is 9.72 Å². The van der Waals surface area contributed by atoms with E-state index in [9.17, 15) is 14.9 Å². The van der Waals surface area contributed by atoms with Crippen LogP contribution in [0.25, 0.3) is 6.08 Å². The van der Waals surface area contributed by atoms with Crippen molar-refractivity contribution in [2.45, 2.75) is 6.54 Å². The van der Waals surface area contributed by atoms with E-state index in [1.807, 2.05) is 0 Å². The molecule has 2 aromatic rings. The van der Waals surface area contributed by atoms with Gasteiger partial charge in [0, 0.05) is 30.3 Å². The van der Waals surface area contributed by atoms with E-state index in [1.54, 1.807) is 12.1 Å². The molecule has 0 fully saturated rings. The zero-order valence-corrected chi connectivity index (χ0v) is 10.9. The van der Waals surface area contributed by atoms with Crippen LogP contribution in [0.3, 0.4) is 0 Å². The second-order valence-electron chi connectivity index (χ2n) is 4.21. The average Bonchev–Trinajstić information content (AvgIpc) is 2.88. The summed E-state index contributed by atoms with van der Waals surface area (Å²) >= 11 is 0. The van der Waals surface area contributed by atoms with E-state index in [4.69, 9.17) is 5.73 Å². The topological polar surface area (TPSA) is 127 Å². The summed E-state index contributed by atoms with van der Waals surface area (Å²) in [5.41, 5.74) is 6.82. The first-order valence-electron chi connectivity index (χ1n) is 6.04. The fourth-order valence-corrected chi connectivity index (χ4v) is 1.62. The Labute approximate surface area is 119 Å². The lowest BCUT2D eigenvalue weighted by molar-refractivity contribution is -0.384. The number of nitrogens with one attached hydrogen (secondary N) is 2. The summed E-state index contributed by atoms with van der Waals surface area (Å²) < 4.78 is 0. The van der Waals surface area contributed by atoms with Crippen molar-refractivity contribution >= 4 is 23.5 Å². The van der Waals surface area contributed by atoms with Gasteiger partial charge in [0.05, 0.1) is 11.1 Å². The number of amides is 1. The molecular weight excluding hydrogens is 274 g/mol. The van der Waals surface area contributed by atoms with E-state index in [2.05, 4.69) is 15.5 Å². The molecule has 0 saturated carbocycles. The minimum atomic E-state index is -0.487. The lowest BCUT2D eigenvalue weighted by Crippen LogP contribution is -2.20. The zero-order valence-electron chi connectivity index (χ0n) is 10.9. The minimum absolute atomic E-state index is 0.0243. The summed E-state index contributed by atoms with van der Waals surface area (Å²) in [7, 11) is 0. The summed E-state index contributed by atoms with van der Waals surface area (Å²) in [4.78, 5) is 21.8. The number of carbonyl (C=O) groups is 1. The number of nitro groups is 1. The van der Waals surface area contributed by atoms with Crippen LogP contribution in [0.15, 0.2) is 36.5 Å². The Kier molecular flexibility index (Phi) is 4.30. The van der Waals surface area contributed by atoms with Crippen molar-refractivity contribution in [3.8, 4) is 0 Å². The second-order valence-corrected chi connectivity index (χ2v) is 4.21. The average molecular weight is 287 g/mol. The van der Waals surface area contributed by atoms with Gasteiger partial charge in [-0.3, -0.25) is 20.0 Å². The lowest BCUT2D eigenvalue weighted by Gasteiger charge is -2.00. The molecule has 0 bridgehead atoms. The Morgan fingerprint density at radius 1 is 1.52 bits per heavy atom. The summed E-state index contributed by atoms with van der Waals surface area (Å²) in [6.07, 6.45) is 4.33. The molecule has 8 nitrogen and oxygen atoms in total. The van der Waals surface area contributed by atoms with E-state index < -0.39 is 4.92 Å². The van der Waals surface area contributed by atoms with Crippen LogP contribution >= 0.6 is 0 Å². The summed E-state index contributed by atoms with van der Waals surface area (Å²) in [6.45, 7) is 0.250. The molecule has 1 aromatic carbocycles. The highest BCUT2D eigenvalue weighted by atomic mass is 16.6. The molecule has 0 atom stereocenters. The lowest BCUT2D eigenvalue weighted by atomic mass is 10.2. The SMILES string of the molecule is Nc1[nH]ncc1CNC(=O)C=Cc1cccc([N+](=O)[O-])c1. The van der Waals surface area contributed by atoms with Crippen LogP contribution in [0.5, 0.6) is 0 Å². The highest BCUT2D eigenvalue weighted by molar-refractivity contribution is 5.91. The van der Waals surface area contributed by atoms with Crippen LogP contribution < -0.4 is 11.1 Å². The Balaban J connectivity index is 1.94. The Morgan fingerprint density at radius 3 is 3.00 bits per heavy atom. The van der Waals surface area contributed by atoms with Crippen LogP contribution in [0.1, 0.15) is 11.1 Å². The number of nitrogen functional groups attached to an aromatic ring is 1. The number of H-pyrrole nitrogens is 1. The molecule has 0 unspecified atom stereocenters. The number of nitrogens with zero attached hydrogens (tertiary/aromatic N) is 2. The van der Waals surface area contributed by atoms with Crippen LogP contribution in [-0.2, 0) is 11.3 Å². The van der Waals surface area contributed by atoms with Crippen LogP contribution in [-0.4, -0.2) is 21.0 Å². The van der Waals surface area contributed by atoms with Gasteiger partial charge >= 0.3 is 0 Å². The number of benzene rings is 1. The number of carbonyl (C=O) groups excluding carboxylic acids is 1. The number of aromatic nitrogens is 2. The summed E-state index contributed by atoms with van der Waals surface area (Å²) in [6, 6.07) is 6.00. The minimum Gasteiger partial charge on any atom is -0.384 e. The number of anilines is 1. The third kappa shape index (κ3) is 3.90. The Morgan fingerprint density at radius 2 is 2.33 bits per heavy atom. The number of aromatic amines is 1. The Bertz CT molecular complexity index is 693. The fourth-order valence-electron chi connectivity index (χ4n) is 1.62. The van der Waals surface area contributed by atoms with Crippen molar-refractivity contribution in [2.24, 2.45) is 0 Å². The number of hydrogen-bond acceptors (Lipinski definition) is 5. The number of rotatable bonds is 5. The van der Waals surface area contributed by atoms with Crippen molar-refractivity contribution in [1.82, 2.24) is 15.5 Å². The van der Waals surface area contributed by atoms with E-state index in [0.29, 0.717) is 16.9 Å². The number of nitro benzene ring substituents is 1. The van der Waals surface area contributed by atoms with Crippen molar-refractivity contribution in [3.63, 3.8) is 0 Å². The molecule has 1 heterocycles. The first kappa shape index (κ1) is 14.3. The molecule has 0 radical (unpaired) electrons. The second kappa shape index (κ2) is 6.33. The van der Waals surface area contributed by atoms with E-state index in [1.165, 1.54) is 30.5 Å². The Hall–Kier alpha value is -3.16. The summed E-state index contributed by atoms with van der Waals surface area (Å²) in [5.74, 6) is 0.0695. The van der Waals surface area contributed by atoms with Gasteiger partial charge < -0.3 is 11.1 Å². The first-order valence-corrected chi connectivity index (χ1v) is 6.04. The zero-order chi connectivity index (χ0) is 15.2. The molecule has 4 N–H and O–H groups in total. The highest BCUT2D eigenvalue weighted by Crippen LogP contribution is 2.14. The van der Waals surface area contributed by atoms with Gasteiger partial charge in [-0.2, -0.15) is 5.10 Å². The molecule has 1 aromatic heterocycles. The molecule has 108 valence electrons. The molecular formula is C13H13N5O3. The van der Waals surface area contributed by atoms with Crippen molar-refractivity contribution in [2.75, 3.05) is 5.73 Å². The predicted octanol–water partition coefficient (Wildman–Crippen LogP) is 1.23. The molecule has 2 rings (SSSR count). The van der Waals surface area contributed by atoms with Crippen LogP contribution in [0, 0.1) is 10.1 Å². The monoisotopic (exact) mass is 287 g/mol. The molecule has 0 aliphatic rings. The molecule has 1 amide bonds. The standard InChI is InChI=1S/C13H13N5O3/c14-13-10(8-16-17-13)7-15-12(19)5-4-9-2-1-3-11(6-9)18(20)21/h1-6,8H,7H2,(H,15,19)(H3,14,16,17). The molecule has 0 aliphatic carbocycles. The number of hydrogen-bond donors (Lipinski definition) is 3. The maximum absolute atomic E-state index is 11.6. The van der Waals surface area contributed by atoms with Crippen LogP contribution in [0.4, 0.5) is 11.5 Å². The first-order chi connectivity index (χ1) is 10.1. The number of nitrogens with two attached hydrogens (primary N) is 1. The fraction of sp³-hybridized carbons (Fsp3) is 0.0769. The third-order valence-corrected chi connectivity index (χ3v) is 2.71. The van der Waals surface area contributed by atoms with Gasteiger partial charge in [0.2, 0.25) is 5.91 Å². The number of non-ortho nitro benzene ring substituents is 1. The molecule has 21 heavy (non-hydrogen) atoms. The maximum atomic E-state index is 11.6. The van der Waals surface area contributed by atoms with Gasteiger partial charge in [-0.05, 0) is 11.6 Å². The van der Waals surface area contributed by atoms with E-state index >= 15 is 0 Å².